The molecule has 0 saturated heterocycles. The standard InChI is InChI=1S/C12H12ClN3O4S/c1-19-10-8-14-11(12(15-10)20-2)16(13)21(17,18)9-6-4-3-5-7-9/h3-8H,1-2H3. The van der Waals surface area contributed by atoms with Crippen LogP contribution in [0.15, 0.2) is 41.4 Å². The minimum absolute atomic E-state index is 0.0275. The first-order chi connectivity index (χ1) is 10.0. The van der Waals surface area contributed by atoms with Gasteiger partial charge in [-0.1, -0.05) is 18.2 Å². The Morgan fingerprint density at radius 2 is 1.81 bits per heavy atom. The number of hydrogen-bond acceptors (Lipinski definition) is 6. The molecule has 0 amide bonds. The molecule has 0 fully saturated rings. The Bertz CT molecular complexity index is 725. The van der Waals surface area contributed by atoms with Crippen molar-refractivity contribution < 1.29 is 17.9 Å². The highest BCUT2D eigenvalue weighted by atomic mass is 35.5. The summed E-state index contributed by atoms with van der Waals surface area (Å²) in [6, 6.07) is 7.73. The van der Waals surface area contributed by atoms with Gasteiger partial charge in [-0.3, -0.25) is 0 Å². The summed E-state index contributed by atoms with van der Waals surface area (Å²) >= 11 is 5.93. The lowest BCUT2D eigenvalue weighted by molar-refractivity contribution is 0.362. The summed E-state index contributed by atoms with van der Waals surface area (Å²) in [7, 11) is -1.24. The average Bonchev–Trinajstić information content (AvgIpc) is 2.54. The van der Waals surface area contributed by atoms with Gasteiger partial charge in [0.25, 0.3) is 15.9 Å². The normalized spacial score (nSPS) is 11.0. The first-order valence-corrected chi connectivity index (χ1v) is 7.49. The number of anilines is 1. The molecule has 9 heteroatoms. The molecule has 2 rings (SSSR count). The lowest BCUT2D eigenvalue weighted by Gasteiger charge is -2.17. The van der Waals surface area contributed by atoms with Gasteiger partial charge < -0.3 is 9.47 Å². The predicted octanol–water partition coefficient (Wildman–Crippen LogP) is 1.84. The fraction of sp³-hybridized carbons (Fsp3) is 0.167. The van der Waals surface area contributed by atoms with Gasteiger partial charge in [0.1, 0.15) is 0 Å². The molecular weight excluding hydrogens is 318 g/mol. The number of aromatic nitrogens is 2. The fourth-order valence-electron chi connectivity index (χ4n) is 1.51. The van der Waals surface area contributed by atoms with Crippen LogP contribution in [-0.4, -0.2) is 32.6 Å². The third kappa shape index (κ3) is 3.01. The Hall–Kier alpha value is -2.06. The van der Waals surface area contributed by atoms with Crippen molar-refractivity contribution in [1.29, 1.82) is 0 Å². The van der Waals surface area contributed by atoms with Crippen molar-refractivity contribution in [2.45, 2.75) is 4.90 Å². The summed E-state index contributed by atoms with van der Waals surface area (Å²) in [6.45, 7) is 0. The number of nitrogens with zero attached hydrogens (tertiary/aromatic N) is 3. The second kappa shape index (κ2) is 6.15. The van der Waals surface area contributed by atoms with Crippen molar-refractivity contribution >= 4 is 27.6 Å². The fourth-order valence-corrected chi connectivity index (χ4v) is 2.90. The molecule has 0 unspecified atom stereocenters. The summed E-state index contributed by atoms with van der Waals surface area (Å²) in [5.74, 6) is -0.0366. The van der Waals surface area contributed by atoms with E-state index in [9.17, 15) is 8.42 Å². The van der Waals surface area contributed by atoms with Crippen molar-refractivity contribution in [2.24, 2.45) is 0 Å². The highest BCUT2D eigenvalue weighted by Crippen LogP contribution is 2.31. The van der Waals surface area contributed by atoms with E-state index in [1.54, 1.807) is 18.2 Å². The van der Waals surface area contributed by atoms with Crippen LogP contribution in [-0.2, 0) is 10.0 Å². The quantitative estimate of drug-likeness (QED) is 0.778. The van der Waals surface area contributed by atoms with E-state index in [2.05, 4.69) is 9.97 Å². The van der Waals surface area contributed by atoms with Crippen LogP contribution in [0.2, 0.25) is 0 Å². The summed E-state index contributed by atoms with van der Waals surface area (Å²) < 4.78 is 35.2. The number of hydrogen-bond donors (Lipinski definition) is 0. The molecule has 0 aliphatic heterocycles. The number of methoxy groups -OCH3 is 2. The number of ether oxygens (including phenoxy) is 2. The maximum Gasteiger partial charge on any atom is 0.279 e. The molecule has 0 aliphatic carbocycles. The van der Waals surface area contributed by atoms with Crippen LogP contribution >= 0.6 is 11.8 Å². The van der Waals surface area contributed by atoms with E-state index >= 15 is 0 Å². The van der Waals surface area contributed by atoms with E-state index in [0.717, 1.165) is 0 Å². The monoisotopic (exact) mass is 329 g/mol. The average molecular weight is 330 g/mol. The SMILES string of the molecule is COc1cnc(N(Cl)S(=O)(=O)c2ccccc2)c(OC)n1. The molecule has 2 aromatic rings. The first kappa shape index (κ1) is 15.3. The molecule has 1 aromatic carbocycles. The van der Waals surface area contributed by atoms with Gasteiger partial charge in [0.2, 0.25) is 11.7 Å². The van der Waals surface area contributed by atoms with Gasteiger partial charge in [0.15, 0.2) is 0 Å². The molecule has 0 radical (unpaired) electrons. The van der Waals surface area contributed by atoms with Crippen LogP contribution < -0.4 is 13.3 Å². The van der Waals surface area contributed by atoms with E-state index in [1.807, 2.05) is 0 Å². The van der Waals surface area contributed by atoms with Crippen molar-refractivity contribution in [1.82, 2.24) is 9.97 Å². The Labute approximate surface area is 127 Å². The zero-order valence-electron chi connectivity index (χ0n) is 11.2. The summed E-state index contributed by atoms with van der Waals surface area (Å²) in [5, 5.41) is 0. The lowest BCUT2D eigenvalue weighted by Crippen LogP contribution is -2.23. The van der Waals surface area contributed by atoms with Crippen LogP contribution in [0.5, 0.6) is 11.8 Å². The zero-order chi connectivity index (χ0) is 15.5. The van der Waals surface area contributed by atoms with E-state index in [1.165, 1.54) is 32.5 Å². The molecule has 0 bridgehead atoms. The van der Waals surface area contributed by atoms with Crippen molar-refractivity contribution in [3.8, 4) is 11.8 Å². The van der Waals surface area contributed by atoms with Crippen molar-refractivity contribution in [2.75, 3.05) is 18.0 Å². The van der Waals surface area contributed by atoms with E-state index in [4.69, 9.17) is 21.3 Å². The molecule has 7 nitrogen and oxygen atoms in total. The van der Waals surface area contributed by atoms with E-state index in [-0.39, 0.29) is 22.5 Å². The van der Waals surface area contributed by atoms with Gasteiger partial charge in [0, 0.05) is 11.8 Å². The van der Waals surface area contributed by atoms with Crippen LogP contribution in [0.1, 0.15) is 0 Å². The minimum atomic E-state index is -3.97. The molecule has 1 aromatic heterocycles. The van der Waals surface area contributed by atoms with Crippen LogP contribution in [0, 0.1) is 0 Å². The molecule has 0 spiro atoms. The van der Waals surface area contributed by atoms with Gasteiger partial charge in [0.05, 0.1) is 25.3 Å². The summed E-state index contributed by atoms with van der Waals surface area (Å²) in [5.41, 5.74) is 0. The zero-order valence-corrected chi connectivity index (χ0v) is 12.8. The second-order valence-corrected chi connectivity index (χ2v) is 6.10. The smallest absolute Gasteiger partial charge is 0.279 e. The van der Waals surface area contributed by atoms with Crippen LogP contribution in [0.3, 0.4) is 0 Å². The largest absolute Gasteiger partial charge is 0.480 e. The van der Waals surface area contributed by atoms with Crippen LogP contribution in [0.4, 0.5) is 5.82 Å². The number of sulfonamides is 1. The van der Waals surface area contributed by atoms with Gasteiger partial charge in [-0.15, -0.1) is 0 Å². The third-order valence-electron chi connectivity index (χ3n) is 2.52. The summed E-state index contributed by atoms with van der Waals surface area (Å²) in [4.78, 5) is 7.88. The lowest BCUT2D eigenvalue weighted by atomic mass is 10.4. The molecule has 0 N–H and O–H groups in total. The molecule has 112 valence electrons. The first-order valence-electron chi connectivity index (χ1n) is 5.72. The van der Waals surface area contributed by atoms with Crippen LogP contribution in [0.25, 0.3) is 0 Å². The van der Waals surface area contributed by atoms with Crippen molar-refractivity contribution in [3.05, 3.63) is 36.5 Å². The van der Waals surface area contributed by atoms with E-state index in [0.29, 0.717) is 3.82 Å². The van der Waals surface area contributed by atoms with Gasteiger partial charge in [-0.2, -0.15) is 17.2 Å². The topological polar surface area (TPSA) is 81.6 Å². The van der Waals surface area contributed by atoms with E-state index < -0.39 is 10.0 Å². The summed E-state index contributed by atoms with van der Waals surface area (Å²) in [6.07, 6.45) is 1.24. The number of halogens is 1. The molecule has 0 saturated carbocycles. The Morgan fingerprint density at radius 1 is 1.14 bits per heavy atom. The number of rotatable bonds is 5. The molecular formula is C12H12ClN3O4S. The Balaban J connectivity index is 2.47. The highest BCUT2D eigenvalue weighted by molar-refractivity contribution is 7.94. The molecule has 0 aliphatic rings. The minimum Gasteiger partial charge on any atom is -0.480 e. The maximum atomic E-state index is 12.4. The molecule has 1 heterocycles. The Morgan fingerprint density at radius 3 is 2.38 bits per heavy atom. The molecule has 0 atom stereocenters. The van der Waals surface area contributed by atoms with Gasteiger partial charge in [-0.05, 0) is 12.1 Å². The second-order valence-electron chi connectivity index (χ2n) is 3.78. The van der Waals surface area contributed by atoms with Gasteiger partial charge >= 0.3 is 0 Å². The maximum absolute atomic E-state index is 12.4. The number of benzene rings is 1. The van der Waals surface area contributed by atoms with Gasteiger partial charge in [-0.25, -0.2) is 4.98 Å². The Kier molecular flexibility index (Phi) is 4.49. The molecule has 21 heavy (non-hydrogen) atoms. The predicted molar refractivity (Wildman–Crippen MR) is 77.1 cm³/mol. The van der Waals surface area contributed by atoms with Crippen molar-refractivity contribution in [3.63, 3.8) is 0 Å². The third-order valence-corrected chi connectivity index (χ3v) is 4.69. The highest BCUT2D eigenvalue weighted by Gasteiger charge is 2.28.